The summed E-state index contributed by atoms with van der Waals surface area (Å²) in [5.41, 5.74) is 0. The van der Waals surface area contributed by atoms with Crippen molar-refractivity contribution in [2.24, 2.45) is 0 Å². The average molecular weight is 189 g/mol. The van der Waals surface area contributed by atoms with Gasteiger partial charge in [-0.2, -0.15) is 12.6 Å². The molecule has 1 rings (SSSR count). The first-order valence-corrected chi connectivity index (χ1v) is 5.29. The molecule has 2 unspecified atom stereocenters. The Bertz CT molecular complexity index is 132. The van der Waals surface area contributed by atoms with E-state index in [4.69, 9.17) is 4.74 Å². The van der Waals surface area contributed by atoms with Crippen LogP contribution in [-0.2, 0) is 4.74 Å². The summed E-state index contributed by atoms with van der Waals surface area (Å²) in [7, 11) is 1.81. The van der Waals surface area contributed by atoms with Gasteiger partial charge in [0.25, 0.3) is 0 Å². The van der Waals surface area contributed by atoms with Crippen molar-refractivity contribution in [1.82, 2.24) is 4.90 Å². The van der Waals surface area contributed by atoms with E-state index in [1.54, 1.807) is 0 Å². The van der Waals surface area contributed by atoms with Crippen LogP contribution in [0, 0.1) is 0 Å². The molecular formula is C9H19NOS. The number of likely N-dealkylation sites (tertiary alicyclic amines) is 1. The van der Waals surface area contributed by atoms with Crippen molar-refractivity contribution >= 4 is 12.6 Å². The van der Waals surface area contributed by atoms with Crippen molar-refractivity contribution in [3.05, 3.63) is 0 Å². The summed E-state index contributed by atoms with van der Waals surface area (Å²) in [6.07, 6.45) is 2.83. The maximum Gasteiger partial charge on any atom is 0.0598 e. The summed E-state index contributed by atoms with van der Waals surface area (Å²) in [5.74, 6) is 0.960. The van der Waals surface area contributed by atoms with Crippen molar-refractivity contribution in [2.45, 2.75) is 31.9 Å². The van der Waals surface area contributed by atoms with E-state index in [0.29, 0.717) is 12.1 Å². The van der Waals surface area contributed by atoms with Crippen molar-refractivity contribution in [1.29, 1.82) is 0 Å². The number of rotatable bonds is 3. The Kier molecular flexibility index (Phi) is 4.40. The molecule has 1 fully saturated rings. The van der Waals surface area contributed by atoms with Crippen LogP contribution in [-0.4, -0.2) is 43.0 Å². The number of thiol groups is 1. The molecule has 1 aliphatic rings. The lowest BCUT2D eigenvalue weighted by atomic mass is 10.0. The number of piperidine rings is 1. The summed E-state index contributed by atoms with van der Waals surface area (Å²) in [6.45, 7) is 4.55. The quantitative estimate of drug-likeness (QED) is 0.674. The lowest BCUT2D eigenvalue weighted by Gasteiger charge is -2.36. The predicted octanol–water partition coefficient (Wildman–Crippen LogP) is 1.42. The highest BCUT2D eigenvalue weighted by Crippen LogP contribution is 2.18. The molecule has 3 heteroatoms. The molecule has 0 radical (unpaired) electrons. The normalized spacial score (nSPS) is 32.2. The fraction of sp³-hybridized carbons (Fsp3) is 1.00. The molecule has 0 spiro atoms. The maximum atomic E-state index is 5.34. The number of methoxy groups -OCH3 is 1. The summed E-state index contributed by atoms with van der Waals surface area (Å²) < 4.78 is 5.34. The van der Waals surface area contributed by atoms with Crippen LogP contribution in [0.2, 0.25) is 0 Å². The molecule has 0 saturated carbocycles. The molecular weight excluding hydrogens is 170 g/mol. The van der Waals surface area contributed by atoms with Crippen LogP contribution in [0.5, 0.6) is 0 Å². The molecule has 1 aliphatic heterocycles. The highest BCUT2D eigenvalue weighted by molar-refractivity contribution is 7.80. The van der Waals surface area contributed by atoms with Crippen LogP contribution in [0.15, 0.2) is 0 Å². The van der Waals surface area contributed by atoms with E-state index >= 15 is 0 Å². The first kappa shape index (κ1) is 10.4. The smallest absolute Gasteiger partial charge is 0.0598 e. The van der Waals surface area contributed by atoms with E-state index in [1.807, 2.05) is 7.11 Å². The third kappa shape index (κ3) is 2.64. The van der Waals surface area contributed by atoms with Crippen molar-refractivity contribution in [2.75, 3.05) is 26.0 Å². The second-order valence-electron chi connectivity index (χ2n) is 3.49. The molecule has 1 saturated heterocycles. The van der Waals surface area contributed by atoms with E-state index in [9.17, 15) is 0 Å². The SMILES string of the molecule is COC1CCN(CCS)C(C)C1. The fourth-order valence-corrected chi connectivity index (χ4v) is 2.11. The van der Waals surface area contributed by atoms with Crippen LogP contribution in [0.4, 0.5) is 0 Å². The molecule has 0 aliphatic carbocycles. The van der Waals surface area contributed by atoms with Crippen LogP contribution >= 0.6 is 12.6 Å². The Morgan fingerprint density at radius 1 is 1.58 bits per heavy atom. The van der Waals surface area contributed by atoms with Gasteiger partial charge >= 0.3 is 0 Å². The molecule has 2 nitrogen and oxygen atoms in total. The van der Waals surface area contributed by atoms with Gasteiger partial charge in [-0.05, 0) is 19.8 Å². The Balaban J connectivity index is 2.31. The van der Waals surface area contributed by atoms with Gasteiger partial charge in [-0.1, -0.05) is 0 Å². The number of ether oxygens (including phenoxy) is 1. The van der Waals surface area contributed by atoms with Gasteiger partial charge in [0.1, 0.15) is 0 Å². The molecule has 2 atom stereocenters. The van der Waals surface area contributed by atoms with E-state index in [1.165, 1.54) is 19.4 Å². The highest BCUT2D eigenvalue weighted by Gasteiger charge is 2.24. The predicted molar refractivity (Wildman–Crippen MR) is 54.9 cm³/mol. The average Bonchev–Trinajstić information content (AvgIpc) is 2.09. The number of hydrogen-bond donors (Lipinski definition) is 1. The monoisotopic (exact) mass is 189 g/mol. The molecule has 0 aromatic rings. The maximum absolute atomic E-state index is 5.34. The standard InChI is InChI=1S/C9H19NOS/c1-8-7-9(11-2)3-4-10(8)5-6-12/h8-9,12H,3-7H2,1-2H3. The van der Waals surface area contributed by atoms with Gasteiger partial charge in [0.2, 0.25) is 0 Å². The van der Waals surface area contributed by atoms with Crippen LogP contribution in [0.1, 0.15) is 19.8 Å². The first-order chi connectivity index (χ1) is 5.77. The third-order valence-corrected chi connectivity index (χ3v) is 2.89. The Morgan fingerprint density at radius 2 is 2.33 bits per heavy atom. The lowest BCUT2D eigenvalue weighted by molar-refractivity contribution is 0.0185. The van der Waals surface area contributed by atoms with Gasteiger partial charge in [0, 0.05) is 32.0 Å². The zero-order valence-corrected chi connectivity index (χ0v) is 8.89. The second-order valence-corrected chi connectivity index (χ2v) is 3.94. The highest BCUT2D eigenvalue weighted by atomic mass is 32.1. The molecule has 0 aromatic heterocycles. The topological polar surface area (TPSA) is 12.5 Å². The van der Waals surface area contributed by atoms with Gasteiger partial charge in [0.15, 0.2) is 0 Å². The van der Waals surface area contributed by atoms with Gasteiger partial charge in [-0.15, -0.1) is 0 Å². The molecule has 12 heavy (non-hydrogen) atoms. The lowest BCUT2D eigenvalue weighted by Crippen LogP contribution is -2.43. The summed E-state index contributed by atoms with van der Waals surface area (Å²) in [4.78, 5) is 2.49. The van der Waals surface area contributed by atoms with E-state index in [0.717, 1.165) is 12.3 Å². The summed E-state index contributed by atoms with van der Waals surface area (Å²) in [6, 6.07) is 0.663. The zero-order chi connectivity index (χ0) is 8.97. The van der Waals surface area contributed by atoms with Crippen molar-refractivity contribution in [3.8, 4) is 0 Å². The zero-order valence-electron chi connectivity index (χ0n) is 7.99. The van der Waals surface area contributed by atoms with Gasteiger partial charge in [-0.25, -0.2) is 0 Å². The van der Waals surface area contributed by atoms with Crippen molar-refractivity contribution < 1.29 is 4.74 Å². The third-order valence-electron chi connectivity index (χ3n) is 2.69. The molecule has 0 aromatic carbocycles. The largest absolute Gasteiger partial charge is 0.381 e. The van der Waals surface area contributed by atoms with Gasteiger partial charge in [0.05, 0.1) is 6.10 Å². The van der Waals surface area contributed by atoms with E-state index in [2.05, 4.69) is 24.5 Å². The first-order valence-electron chi connectivity index (χ1n) is 4.65. The van der Waals surface area contributed by atoms with E-state index < -0.39 is 0 Å². The summed E-state index contributed by atoms with van der Waals surface area (Å²) >= 11 is 4.24. The molecule has 72 valence electrons. The Morgan fingerprint density at radius 3 is 2.83 bits per heavy atom. The molecule has 0 amide bonds. The van der Waals surface area contributed by atoms with Crippen LogP contribution < -0.4 is 0 Å². The molecule has 0 N–H and O–H groups in total. The van der Waals surface area contributed by atoms with Gasteiger partial charge < -0.3 is 4.74 Å². The fourth-order valence-electron chi connectivity index (χ4n) is 1.85. The second kappa shape index (κ2) is 5.10. The minimum absolute atomic E-state index is 0.483. The number of nitrogens with zero attached hydrogens (tertiary/aromatic N) is 1. The minimum Gasteiger partial charge on any atom is -0.381 e. The Labute approximate surface area is 80.7 Å². The van der Waals surface area contributed by atoms with Crippen LogP contribution in [0.25, 0.3) is 0 Å². The summed E-state index contributed by atoms with van der Waals surface area (Å²) in [5, 5.41) is 0. The molecule has 1 heterocycles. The minimum atomic E-state index is 0.483. The molecule has 0 bridgehead atoms. The van der Waals surface area contributed by atoms with E-state index in [-0.39, 0.29) is 0 Å². The number of hydrogen-bond acceptors (Lipinski definition) is 3. The van der Waals surface area contributed by atoms with Crippen molar-refractivity contribution in [3.63, 3.8) is 0 Å². The Hall–Kier alpha value is 0.270. The van der Waals surface area contributed by atoms with Crippen LogP contribution in [0.3, 0.4) is 0 Å². The van der Waals surface area contributed by atoms with Gasteiger partial charge in [-0.3, -0.25) is 4.90 Å².